The summed E-state index contributed by atoms with van der Waals surface area (Å²) in [5.41, 5.74) is 1.11. The number of fused-ring (bicyclic) bond motifs is 2. The molecule has 4 nitrogen and oxygen atoms in total. The number of rotatable bonds is 3. The summed E-state index contributed by atoms with van der Waals surface area (Å²) >= 11 is 0. The highest BCUT2D eigenvalue weighted by Gasteiger charge is 2.51. The van der Waals surface area contributed by atoms with Gasteiger partial charge in [0.15, 0.2) is 5.78 Å². The molecular weight excluding hydrogens is 256 g/mol. The van der Waals surface area contributed by atoms with Crippen LogP contribution in [-0.4, -0.2) is 22.0 Å². The minimum Gasteiger partial charge on any atom is -0.507 e. The quantitative estimate of drug-likeness (QED) is 0.654. The maximum Gasteiger partial charge on any atom is 0.307 e. The van der Waals surface area contributed by atoms with Gasteiger partial charge in [-0.15, -0.1) is 0 Å². The molecule has 3 rings (SSSR count). The first kappa shape index (κ1) is 12.9. The zero-order valence-electron chi connectivity index (χ0n) is 11.1. The Labute approximate surface area is 116 Å². The van der Waals surface area contributed by atoms with E-state index in [0.29, 0.717) is 0 Å². The van der Waals surface area contributed by atoms with Gasteiger partial charge in [0.05, 0.1) is 11.5 Å². The molecule has 2 bridgehead atoms. The number of aromatic hydroxyl groups is 1. The summed E-state index contributed by atoms with van der Waals surface area (Å²) in [6, 6.07) is 4.84. The molecule has 0 saturated heterocycles. The van der Waals surface area contributed by atoms with E-state index in [9.17, 15) is 19.8 Å². The van der Waals surface area contributed by atoms with E-state index in [0.717, 1.165) is 12.0 Å². The second kappa shape index (κ2) is 4.47. The van der Waals surface area contributed by atoms with Crippen LogP contribution in [0.25, 0.3) is 0 Å². The Balaban J connectivity index is 1.99. The number of aliphatic carboxylic acids is 1. The van der Waals surface area contributed by atoms with Crippen LogP contribution >= 0.6 is 0 Å². The van der Waals surface area contributed by atoms with Gasteiger partial charge in [-0.3, -0.25) is 9.59 Å². The SMILES string of the molecule is Cc1ccc(O)c(C(=O)[C@@H]2[C@@H](C(=O)O)[C@H]3C=C[C@@H]2C3)c1. The highest BCUT2D eigenvalue weighted by Crippen LogP contribution is 2.49. The van der Waals surface area contributed by atoms with Crippen LogP contribution in [0.5, 0.6) is 5.75 Å². The second-order valence-electron chi connectivity index (χ2n) is 5.72. The van der Waals surface area contributed by atoms with Crippen molar-refractivity contribution in [2.75, 3.05) is 0 Å². The molecule has 20 heavy (non-hydrogen) atoms. The van der Waals surface area contributed by atoms with Crippen molar-refractivity contribution in [1.82, 2.24) is 0 Å². The number of carbonyl (C=O) groups excluding carboxylic acids is 1. The van der Waals surface area contributed by atoms with Gasteiger partial charge in [0.1, 0.15) is 5.75 Å². The monoisotopic (exact) mass is 272 g/mol. The van der Waals surface area contributed by atoms with Crippen LogP contribution < -0.4 is 0 Å². The van der Waals surface area contributed by atoms with E-state index in [1.54, 1.807) is 12.1 Å². The Morgan fingerprint density at radius 1 is 1.15 bits per heavy atom. The first-order chi connectivity index (χ1) is 9.49. The van der Waals surface area contributed by atoms with Crippen molar-refractivity contribution in [3.8, 4) is 5.75 Å². The zero-order valence-corrected chi connectivity index (χ0v) is 11.1. The second-order valence-corrected chi connectivity index (χ2v) is 5.72. The third-order valence-electron chi connectivity index (χ3n) is 4.46. The molecule has 1 aromatic rings. The van der Waals surface area contributed by atoms with Gasteiger partial charge in [-0.1, -0.05) is 23.8 Å². The van der Waals surface area contributed by atoms with Crippen LogP contribution in [0.2, 0.25) is 0 Å². The Hall–Kier alpha value is -2.10. The highest BCUT2D eigenvalue weighted by atomic mass is 16.4. The van der Waals surface area contributed by atoms with Crippen molar-refractivity contribution in [1.29, 1.82) is 0 Å². The number of carboxylic acids is 1. The third kappa shape index (κ3) is 1.83. The van der Waals surface area contributed by atoms with Crippen LogP contribution in [0.3, 0.4) is 0 Å². The first-order valence-corrected chi connectivity index (χ1v) is 6.74. The first-order valence-electron chi connectivity index (χ1n) is 6.74. The normalized spacial score (nSPS) is 30.6. The molecule has 1 aromatic carbocycles. The molecule has 0 heterocycles. The fraction of sp³-hybridized carbons (Fsp3) is 0.375. The smallest absolute Gasteiger partial charge is 0.307 e. The highest BCUT2D eigenvalue weighted by molar-refractivity contribution is 6.03. The molecule has 104 valence electrons. The van der Waals surface area contributed by atoms with Gasteiger partial charge in [0, 0.05) is 5.92 Å². The summed E-state index contributed by atoms with van der Waals surface area (Å²) < 4.78 is 0. The molecule has 2 aliphatic carbocycles. The number of Topliss-reactive ketones (excluding diaryl/α,β-unsaturated/α-hetero) is 1. The van der Waals surface area contributed by atoms with Crippen LogP contribution in [0.15, 0.2) is 30.4 Å². The largest absolute Gasteiger partial charge is 0.507 e. The maximum absolute atomic E-state index is 12.7. The van der Waals surface area contributed by atoms with Gasteiger partial charge in [0.2, 0.25) is 0 Å². The van der Waals surface area contributed by atoms with E-state index < -0.39 is 17.8 Å². The van der Waals surface area contributed by atoms with Gasteiger partial charge < -0.3 is 10.2 Å². The molecule has 4 heteroatoms. The molecule has 0 spiro atoms. The zero-order chi connectivity index (χ0) is 14.4. The summed E-state index contributed by atoms with van der Waals surface area (Å²) in [7, 11) is 0. The average molecular weight is 272 g/mol. The molecule has 2 N–H and O–H groups in total. The molecular formula is C16H16O4. The lowest BCUT2D eigenvalue weighted by Crippen LogP contribution is -2.33. The number of aryl methyl sites for hydroxylation is 1. The number of hydrogen-bond acceptors (Lipinski definition) is 3. The Bertz CT molecular complexity index is 617. The van der Waals surface area contributed by atoms with E-state index in [2.05, 4.69) is 0 Å². The number of benzene rings is 1. The standard InChI is InChI=1S/C16H16O4/c1-8-2-5-12(17)11(6-8)15(18)13-9-3-4-10(7-9)14(13)16(19)20/h2-6,9-10,13-14,17H,7H2,1H3,(H,19,20)/t9-,10+,13+,14+/m1/s1. The maximum atomic E-state index is 12.7. The van der Waals surface area contributed by atoms with E-state index >= 15 is 0 Å². The summed E-state index contributed by atoms with van der Waals surface area (Å²) in [5, 5.41) is 19.3. The molecule has 0 amide bonds. The molecule has 2 aliphatic rings. The number of ketones is 1. The minimum absolute atomic E-state index is 0.0199. The van der Waals surface area contributed by atoms with E-state index in [4.69, 9.17) is 0 Å². The topological polar surface area (TPSA) is 74.6 Å². The molecule has 0 aliphatic heterocycles. The Morgan fingerprint density at radius 3 is 2.45 bits per heavy atom. The van der Waals surface area contributed by atoms with Gasteiger partial charge in [-0.2, -0.15) is 0 Å². The van der Waals surface area contributed by atoms with Crippen molar-refractivity contribution in [3.05, 3.63) is 41.5 Å². The number of allylic oxidation sites excluding steroid dienone is 2. The fourth-order valence-electron chi connectivity index (χ4n) is 3.54. The molecule has 0 aromatic heterocycles. The number of phenols is 1. The lowest BCUT2D eigenvalue weighted by atomic mass is 9.78. The van der Waals surface area contributed by atoms with E-state index in [-0.39, 0.29) is 28.9 Å². The summed E-state index contributed by atoms with van der Waals surface area (Å²) in [4.78, 5) is 24.1. The lowest BCUT2D eigenvalue weighted by molar-refractivity contribution is -0.143. The van der Waals surface area contributed by atoms with E-state index in [1.807, 2.05) is 19.1 Å². The predicted octanol–water partition coefficient (Wildman–Crippen LogP) is 2.41. The van der Waals surface area contributed by atoms with Crippen LogP contribution in [0.1, 0.15) is 22.3 Å². The number of phenolic OH excluding ortho intramolecular Hbond substituents is 1. The van der Waals surface area contributed by atoms with Crippen LogP contribution in [0.4, 0.5) is 0 Å². The van der Waals surface area contributed by atoms with Crippen molar-refractivity contribution < 1.29 is 19.8 Å². The summed E-state index contributed by atoms with van der Waals surface area (Å²) in [6.07, 6.45) is 4.57. The molecule has 0 unspecified atom stereocenters. The van der Waals surface area contributed by atoms with Crippen molar-refractivity contribution >= 4 is 11.8 Å². The average Bonchev–Trinajstić information content (AvgIpc) is 3.00. The van der Waals surface area contributed by atoms with Crippen molar-refractivity contribution in [2.45, 2.75) is 13.3 Å². The minimum atomic E-state index is -0.924. The van der Waals surface area contributed by atoms with Gasteiger partial charge in [0.25, 0.3) is 0 Å². The molecule has 1 saturated carbocycles. The summed E-state index contributed by atoms with van der Waals surface area (Å²) in [5.74, 6) is -2.56. The Kier molecular flexibility index (Phi) is 2.89. The van der Waals surface area contributed by atoms with Gasteiger partial charge >= 0.3 is 5.97 Å². The van der Waals surface area contributed by atoms with Crippen LogP contribution in [-0.2, 0) is 4.79 Å². The van der Waals surface area contributed by atoms with Gasteiger partial charge in [-0.25, -0.2) is 0 Å². The number of carbonyl (C=O) groups is 2. The fourth-order valence-corrected chi connectivity index (χ4v) is 3.54. The molecule has 0 radical (unpaired) electrons. The predicted molar refractivity (Wildman–Crippen MR) is 72.5 cm³/mol. The molecule has 4 atom stereocenters. The number of hydrogen-bond donors (Lipinski definition) is 2. The van der Waals surface area contributed by atoms with Crippen molar-refractivity contribution in [2.24, 2.45) is 23.7 Å². The van der Waals surface area contributed by atoms with Crippen LogP contribution in [0, 0.1) is 30.6 Å². The molecule has 1 fully saturated rings. The Morgan fingerprint density at radius 2 is 1.80 bits per heavy atom. The van der Waals surface area contributed by atoms with Crippen molar-refractivity contribution in [3.63, 3.8) is 0 Å². The lowest BCUT2D eigenvalue weighted by Gasteiger charge is -2.24. The number of carboxylic acid groups (broad SMARTS) is 1. The summed E-state index contributed by atoms with van der Waals surface area (Å²) in [6.45, 7) is 1.84. The van der Waals surface area contributed by atoms with E-state index in [1.165, 1.54) is 6.07 Å². The van der Waals surface area contributed by atoms with Gasteiger partial charge in [-0.05, 0) is 37.3 Å². The third-order valence-corrected chi connectivity index (χ3v) is 4.46.